The third-order valence-electron chi connectivity index (χ3n) is 4.46. The number of nitrogens with zero attached hydrogens (tertiary/aromatic N) is 3. The van der Waals surface area contributed by atoms with Crippen LogP contribution in [0.15, 0.2) is 42.5 Å². The molecule has 0 aromatic heterocycles. The molecule has 2 aromatic carbocycles. The number of fused-ring (bicyclic) bond motifs is 1. The van der Waals surface area contributed by atoms with Crippen LogP contribution in [0.1, 0.15) is 28.4 Å². The van der Waals surface area contributed by atoms with Crippen molar-refractivity contribution in [3.05, 3.63) is 53.6 Å². The number of rotatable bonds is 4. The lowest BCUT2D eigenvalue weighted by Crippen LogP contribution is -2.39. The van der Waals surface area contributed by atoms with E-state index in [0.717, 1.165) is 12.0 Å². The molecular formula is C16H16N4O4. The second kappa shape index (κ2) is 5.10. The van der Waals surface area contributed by atoms with Crippen molar-refractivity contribution in [1.29, 1.82) is 0 Å². The number of aromatic carboxylic acids is 1. The van der Waals surface area contributed by atoms with E-state index >= 15 is 0 Å². The fraction of sp³-hybridized carbons (Fsp3) is 0.188. The molecular weight excluding hydrogens is 312 g/mol. The van der Waals surface area contributed by atoms with Crippen LogP contribution in [-0.4, -0.2) is 37.6 Å². The highest BCUT2D eigenvalue weighted by Gasteiger charge is 2.62. The van der Waals surface area contributed by atoms with Gasteiger partial charge in [0.25, 0.3) is 0 Å². The predicted octanol–water partition coefficient (Wildman–Crippen LogP) is 1.39. The molecule has 2 aliphatic rings. The molecule has 0 radical (unpaired) electrons. The van der Waals surface area contributed by atoms with Crippen LogP contribution in [0.3, 0.4) is 0 Å². The molecule has 0 amide bonds. The highest BCUT2D eigenvalue weighted by atomic mass is 16.4. The van der Waals surface area contributed by atoms with Gasteiger partial charge in [-0.25, -0.2) is 15.8 Å². The van der Waals surface area contributed by atoms with Gasteiger partial charge in [0.05, 0.1) is 17.3 Å². The summed E-state index contributed by atoms with van der Waals surface area (Å²) in [6, 6.07) is 11.2. The lowest BCUT2D eigenvalue weighted by molar-refractivity contribution is 0.0696. The van der Waals surface area contributed by atoms with Crippen molar-refractivity contribution in [3.63, 3.8) is 0 Å². The zero-order valence-electron chi connectivity index (χ0n) is 12.6. The average molecular weight is 328 g/mol. The standard InChI is InChI=1S/C16H16N4O4/c17-19(13-6-5-11(22)7-12(13)16(23)24)20-15-8-14(18(15)20)9-1-3-10(21)4-2-9/h1-7,14-15,21-22H,8,17H2,(H,23,24). The number of nitrogens with two attached hydrogens (primary N) is 1. The average Bonchev–Trinajstić information content (AvgIpc) is 3.12. The first-order valence-corrected chi connectivity index (χ1v) is 7.45. The summed E-state index contributed by atoms with van der Waals surface area (Å²) in [7, 11) is 0. The Labute approximate surface area is 137 Å². The minimum atomic E-state index is -1.16. The summed E-state index contributed by atoms with van der Waals surface area (Å²) in [4.78, 5) is 11.4. The summed E-state index contributed by atoms with van der Waals surface area (Å²) in [6.45, 7) is 0. The second-order valence-corrected chi connectivity index (χ2v) is 5.88. The molecule has 0 spiro atoms. The number of hydrogen-bond donors (Lipinski definition) is 4. The van der Waals surface area contributed by atoms with Gasteiger partial charge in [0.1, 0.15) is 17.7 Å². The van der Waals surface area contributed by atoms with E-state index in [0.29, 0.717) is 5.69 Å². The van der Waals surface area contributed by atoms with Crippen molar-refractivity contribution in [2.45, 2.75) is 18.6 Å². The first-order chi connectivity index (χ1) is 11.5. The minimum absolute atomic E-state index is 0.0637. The number of carboxylic acid groups (broad SMARTS) is 1. The normalized spacial score (nSPS) is 27.0. The lowest BCUT2D eigenvalue weighted by atomic mass is 9.98. The molecule has 5 N–H and O–H groups in total. The van der Waals surface area contributed by atoms with Crippen LogP contribution in [0, 0.1) is 0 Å². The highest BCUT2D eigenvalue weighted by molar-refractivity contribution is 5.94. The molecule has 8 nitrogen and oxygen atoms in total. The zero-order valence-corrected chi connectivity index (χ0v) is 12.6. The van der Waals surface area contributed by atoms with Crippen LogP contribution in [0.5, 0.6) is 11.5 Å². The molecule has 0 bridgehead atoms. The van der Waals surface area contributed by atoms with Gasteiger partial charge in [0.15, 0.2) is 0 Å². The van der Waals surface area contributed by atoms with Gasteiger partial charge in [-0.3, -0.25) is 0 Å². The monoisotopic (exact) mass is 328 g/mol. The highest BCUT2D eigenvalue weighted by Crippen LogP contribution is 2.54. The number of aromatic hydroxyl groups is 2. The van der Waals surface area contributed by atoms with E-state index in [4.69, 9.17) is 5.84 Å². The van der Waals surface area contributed by atoms with Gasteiger partial charge in [0, 0.05) is 6.42 Å². The van der Waals surface area contributed by atoms with Crippen molar-refractivity contribution in [2.24, 2.45) is 5.84 Å². The van der Waals surface area contributed by atoms with Crippen LogP contribution >= 0.6 is 0 Å². The third-order valence-corrected chi connectivity index (χ3v) is 4.46. The number of carboxylic acids is 1. The Hall–Kier alpha value is -2.81. The fourth-order valence-electron chi connectivity index (χ4n) is 3.18. The molecule has 0 saturated carbocycles. The number of benzene rings is 2. The second-order valence-electron chi connectivity index (χ2n) is 5.88. The maximum atomic E-state index is 11.4. The molecule has 4 atom stereocenters. The van der Waals surface area contributed by atoms with Crippen molar-refractivity contribution < 1.29 is 20.1 Å². The van der Waals surface area contributed by atoms with E-state index < -0.39 is 5.97 Å². The van der Waals surface area contributed by atoms with Crippen molar-refractivity contribution >= 4 is 11.7 Å². The predicted molar refractivity (Wildman–Crippen MR) is 84.7 cm³/mol. The molecule has 2 aliphatic heterocycles. The quantitative estimate of drug-likeness (QED) is 0.378. The Morgan fingerprint density at radius 1 is 1.12 bits per heavy atom. The maximum absolute atomic E-state index is 11.4. The van der Waals surface area contributed by atoms with Gasteiger partial charge in [-0.1, -0.05) is 12.1 Å². The smallest absolute Gasteiger partial charge is 0.338 e. The summed E-state index contributed by atoms with van der Waals surface area (Å²) in [5.74, 6) is 5.04. The Balaban J connectivity index is 1.55. The Bertz CT molecular complexity index is 810. The molecule has 124 valence electrons. The van der Waals surface area contributed by atoms with E-state index in [2.05, 4.69) is 0 Å². The molecule has 4 rings (SSSR count). The van der Waals surface area contributed by atoms with Crippen molar-refractivity contribution in [2.75, 3.05) is 5.12 Å². The van der Waals surface area contributed by atoms with E-state index in [1.54, 1.807) is 17.3 Å². The maximum Gasteiger partial charge on any atom is 0.338 e. The van der Waals surface area contributed by atoms with Gasteiger partial charge in [-0.2, -0.15) is 5.01 Å². The van der Waals surface area contributed by atoms with Crippen LogP contribution in [-0.2, 0) is 0 Å². The van der Waals surface area contributed by atoms with Gasteiger partial charge in [0.2, 0.25) is 0 Å². The number of phenols is 2. The number of anilines is 1. The molecule has 4 unspecified atom stereocenters. The first kappa shape index (κ1) is 14.8. The van der Waals surface area contributed by atoms with Gasteiger partial charge >= 0.3 is 5.97 Å². The topological polar surface area (TPSA) is 113 Å². The van der Waals surface area contributed by atoms with Crippen LogP contribution in [0.25, 0.3) is 0 Å². The third kappa shape index (κ3) is 2.16. The number of hydrogen-bond acceptors (Lipinski definition) is 7. The summed E-state index contributed by atoms with van der Waals surface area (Å²) in [5, 5.41) is 33.3. The largest absolute Gasteiger partial charge is 0.508 e. The van der Waals surface area contributed by atoms with E-state index in [1.165, 1.54) is 23.3 Å². The summed E-state index contributed by atoms with van der Waals surface area (Å²) in [5.41, 5.74) is 1.30. The summed E-state index contributed by atoms with van der Waals surface area (Å²) in [6.07, 6.45) is 0.989. The fourth-order valence-corrected chi connectivity index (χ4v) is 3.18. The van der Waals surface area contributed by atoms with E-state index in [9.17, 15) is 20.1 Å². The Kier molecular flexibility index (Phi) is 3.14. The number of phenolic OH excluding ortho intramolecular Hbond substituents is 2. The van der Waals surface area contributed by atoms with Gasteiger partial charge in [-0.05, 0) is 35.9 Å². The molecule has 2 saturated heterocycles. The minimum Gasteiger partial charge on any atom is -0.508 e. The Morgan fingerprint density at radius 2 is 1.79 bits per heavy atom. The van der Waals surface area contributed by atoms with Crippen LogP contribution < -0.4 is 11.0 Å². The van der Waals surface area contributed by atoms with Crippen LogP contribution in [0.4, 0.5) is 5.69 Å². The molecule has 8 heteroatoms. The Morgan fingerprint density at radius 3 is 2.46 bits per heavy atom. The lowest BCUT2D eigenvalue weighted by Gasteiger charge is -2.25. The summed E-state index contributed by atoms with van der Waals surface area (Å²) < 4.78 is 0. The van der Waals surface area contributed by atoms with Gasteiger partial charge < -0.3 is 15.3 Å². The van der Waals surface area contributed by atoms with E-state index in [1.807, 2.05) is 17.1 Å². The zero-order chi connectivity index (χ0) is 17.0. The van der Waals surface area contributed by atoms with E-state index in [-0.39, 0.29) is 29.3 Å². The van der Waals surface area contributed by atoms with Crippen molar-refractivity contribution in [3.8, 4) is 11.5 Å². The molecule has 2 aromatic rings. The first-order valence-electron chi connectivity index (χ1n) is 7.45. The molecule has 0 aliphatic carbocycles. The van der Waals surface area contributed by atoms with Crippen LogP contribution in [0.2, 0.25) is 0 Å². The number of hydrazine groups is 3. The summed E-state index contributed by atoms with van der Waals surface area (Å²) >= 11 is 0. The van der Waals surface area contributed by atoms with Gasteiger partial charge in [-0.15, -0.1) is 5.12 Å². The molecule has 2 fully saturated rings. The SMILES string of the molecule is NN(c1ccc(O)cc1C(=O)O)N1C2CC(c3ccc(O)cc3)N21. The molecule has 2 heterocycles. The molecule has 24 heavy (non-hydrogen) atoms. The van der Waals surface area contributed by atoms with Crippen molar-refractivity contribution in [1.82, 2.24) is 10.1 Å². The number of carbonyl (C=O) groups is 1.